The molecular weight excluding hydrogens is 374 g/mol. The fourth-order valence-corrected chi connectivity index (χ4v) is 3.09. The van der Waals surface area contributed by atoms with E-state index in [0.717, 1.165) is 24.3 Å². The van der Waals surface area contributed by atoms with Crippen LogP contribution in [0.4, 0.5) is 5.69 Å². The van der Waals surface area contributed by atoms with Crippen LogP contribution in [0.5, 0.6) is 5.75 Å². The number of hydrogen-bond acceptors (Lipinski definition) is 3. The number of anilines is 1. The minimum atomic E-state index is -0.167. The van der Waals surface area contributed by atoms with E-state index < -0.39 is 0 Å². The molecule has 2 aromatic rings. The Morgan fingerprint density at radius 1 is 0.900 bits per heavy atom. The van der Waals surface area contributed by atoms with Crippen molar-refractivity contribution >= 4 is 11.6 Å². The van der Waals surface area contributed by atoms with Gasteiger partial charge in [0.25, 0.3) is 0 Å². The Labute approximate surface area is 182 Å². The second kappa shape index (κ2) is 10.6. The quantitative estimate of drug-likeness (QED) is 0.455. The maximum absolute atomic E-state index is 12.0. The van der Waals surface area contributed by atoms with Crippen molar-refractivity contribution in [2.75, 3.05) is 25.1 Å². The van der Waals surface area contributed by atoms with Gasteiger partial charge in [0, 0.05) is 11.3 Å². The van der Waals surface area contributed by atoms with Gasteiger partial charge in [0.1, 0.15) is 19.0 Å². The van der Waals surface area contributed by atoms with E-state index in [0.29, 0.717) is 13.2 Å². The molecule has 164 valence electrons. The molecule has 0 spiro atoms. The van der Waals surface area contributed by atoms with Gasteiger partial charge in [-0.25, -0.2) is 0 Å². The molecule has 0 radical (unpaired) electrons. The Bertz CT molecular complexity index is 812. The molecule has 0 aliphatic carbocycles. The molecule has 0 atom stereocenters. The highest BCUT2D eigenvalue weighted by atomic mass is 16.5. The van der Waals surface area contributed by atoms with Crippen LogP contribution in [0.1, 0.15) is 65.5 Å². The fourth-order valence-electron chi connectivity index (χ4n) is 3.09. The van der Waals surface area contributed by atoms with Crippen LogP contribution in [0.15, 0.2) is 48.5 Å². The van der Waals surface area contributed by atoms with Crippen LogP contribution >= 0.6 is 0 Å². The molecule has 0 aromatic heterocycles. The van der Waals surface area contributed by atoms with Gasteiger partial charge in [-0.1, -0.05) is 71.9 Å². The highest BCUT2D eigenvalue weighted by Gasteiger charge is 2.26. The van der Waals surface area contributed by atoms with Crippen LogP contribution in [-0.2, 0) is 20.4 Å². The molecular formula is C26H37NO3. The van der Waals surface area contributed by atoms with Crippen LogP contribution in [0, 0.1) is 0 Å². The second-order valence-corrected chi connectivity index (χ2v) is 9.00. The molecule has 4 heteroatoms. The van der Waals surface area contributed by atoms with Gasteiger partial charge in [0.15, 0.2) is 0 Å². The zero-order valence-corrected chi connectivity index (χ0v) is 19.4. The van der Waals surface area contributed by atoms with Crippen molar-refractivity contribution in [3.8, 4) is 5.75 Å². The summed E-state index contributed by atoms with van der Waals surface area (Å²) in [6.07, 6.45) is 2.10. The summed E-state index contributed by atoms with van der Waals surface area (Å²) in [4.78, 5) is 12.0. The molecule has 0 unspecified atom stereocenters. The van der Waals surface area contributed by atoms with E-state index in [1.54, 1.807) is 0 Å². The molecule has 0 saturated heterocycles. The summed E-state index contributed by atoms with van der Waals surface area (Å²) in [5.41, 5.74) is 3.48. The number of hydrogen-bond donors (Lipinski definition) is 1. The van der Waals surface area contributed by atoms with Crippen LogP contribution in [0.2, 0.25) is 0 Å². The number of benzene rings is 2. The summed E-state index contributed by atoms with van der Waals surface area (Å²) in [6.45, 7) is 14.3. The molecule has 2 rings (SSSR count). The molecule has 4 nitrogen and oxygen atoms in total. The van der Waals surface area contributed by atoms with Gasteiger partial charge in [0.05, 0.1) is 6.61 Å². The van der Waals surface area contributed by atoms with Crippen LogP contribution in [-0.4, -0.2) is 25.7 Å². The monoisotopic (exact) mass is 411 g/mol. The first-order valence-electron chi connectivity index (χ1n) is 10.9. The minimum Gasteiger partial charge on any atom is -0.491 e. The van der Waals surface area contributed by atoms with Gasteiger partial charge in [-0.3, -0.25) is 4.79 Å². The highest BCUT2D eigenvalue weighted by Crippen LogP contribution is 2.38. The maximum atomic E-state index is 12.0. The molecule has 1 amide bonds. The van der Waals surface area contributed by atoms with E-state index in [4.69, 9.17) is 9.47 Å². The molecule has 30 heavy (non-hydrogen) atoms. The van der Waals surface area contributed by atoms with Crippen molar-refractivity contribution in [2.45, 2.75) is 65.2 Å². The Hall–Kier alpha value is -2.33. The van der Waals surface area contributed by atoms with E-state index >= 15 is 0 Å². The zero-order chi connectivity index (χ0) is 22.2. The van der Waals surface area contributed by atoms with Gasteiger partial charge < -0.3 is 14.8 Å². The summed E-state index contributed by atoms with van der Waals surface area (Å²) in [5.74, 6) is 0.731. The number of ether oxygens (including phenoxy) is 2. The lowest BCUT2D eigenvalue weighted by Crippen LogP contribution is -2.22. The summed E-state index contributed by atoms with van der Waals surface area (Å²) in [5, 5.41) is 2.81. The first kappa shape index (κ1) is 23.9. The Morgan fingerprint density at radius 3 is 2.20 bits per heavy atom. The molecule has 0 aliphatic rings. The molecule has 0 saturated carbocycles. The van der Waals surface area contributed by atoms with E-state index in [9.17, 15) is 4.79 Å². The minimum absolute atomic E-state index is 0.00912. The van der Waals surface area contributed by atoms with E-state index in [1.165, 1.54) is 11.1 Å². The highest BCUT2D eigenvalue weighted by molar-refractivity contribution is 5.91. The number of carbonyl (C=O) groups is 1. The van der Waals surface area contributed by atoms with Crippen molar-refractivity contribution in [1.82, 2.24) is 0 Å². The predicted molar refractivity (Wildman–Crippen MR) is 124 cm³/mol. The molecule has 0 fully saturated rings. The number of carbonyl (C=O) groups excluding carboxylic acids is 1. The van der Waals surface area contributed by atoms with Crippen molar-refractivity contribution < 1.29 is 14.3 Å². The second-order valence-electron chi connectivity index (χ2n) is 9.00. The average molecular weight is 412 g/mol. The number of nitrogens with one attached hydrogen (secondary N) is 1. The molecule has 0 aliphatic heterocycles. The third kappa shape index (κ3) is 6.60. The van der Waals surface area contributed by atoms with Gasteiger partial charge >= 0.3 is 0 Å². The lowest BCUT2D eigenvalue weighted by atomic mass is 9.76. The van der Waals surface area contributed by atoms with Crippen LogP contribution in [0.25, 0.3) is 0 Å². The molecule has 2 aromatic carbocycles. The third-order valence-electron chi connectivity index (χ3n) is 6.03. The summed E-state index contributed by atoms with van der Waals surface area (Å²) in [6, 6.07) is 15.9. The first-order chi connectivity index (χ1) is 14.2. The maximum Gasteiger partial charge on any atom is 0.250 e. The summed E-state index contributed by atoms with van der Waals surface area (Å²) < 4.78 is 11.6. The predicted octanol–water partition coefficient (Wildman–Crippen LogP) is 6.10. The van der Waals surface area contributed by atoms with Crippen molar-refractivity contribution in [3.63, 3.8) is 0 Å². The third-order valence-corrected chi connectivity index (χ3v) is 6.03. The molecule has 1 N–H and O–H groups in total. The summed E-state index contributed by atoms with van der Waals surface area (Å²) >= 11 is 0. The van der Waals surface area contributed by atoms with Crippen LogP contribution in [0.3, 0.4) is 0 Å². The number of rotatable bonds is 11. The Morgan fingerprint density at radius 2 is 1.57 bits per heavy atom. The van der Waals surface area contributed by atoms with E-state index in [2.05, 4.69) is 65.1 Å². The summed E-state index contributed by atoms with van der Waals surface area (Å²) in [7, 11) is 0. The standard InChI is InChI=1S/C26H37NO3/c1-7-25(3,4)20-14-15-23(22(18-20)26(5,6)8-2)30-17-16-29-19-24(28)27-21-12-10-9-11-13-21/h9-15,18H,7-8,16-17,19H2,1-6H3,(H,27,28). The van der Waals surface area contributed by atoms with Crippen molar-refractivity contribution in [1.29, 1.82) is 0 Å². The normalized spacial score (nSPS) is 11.9. The fraction of sp³-hybridized carbons (Fsp3) is 0.500. The van der Waals surface area contributed by atoms with Gasteiger partial charge in [0.2, 0.25) is 5.91 Å². The first-order valence-corrected chi connectivity index (χ1v) is 10.9. The molecule has 0 heterocycles. The van der Waals surface area contributed by atoms with E-state index in [-0.39, 0.29) is 23.3 Å². The van der Waals surface area contributed by atoms with Crippen molar-refractivity contribution in [2.24, 2.45) is 0 Å². The number of para-hydroxylation sites is 1. The largest absolute Gasteiger partial charge is 0.491 e. The smallest absolute Gasteiger partial charge is 0.250 e. The lowest BCUT2D eigenvalue weighted by Gasteiger charge is -2.30. The Kier molecular flexibility index (Phi) is 8.48. The van der Waals surface area contributed by atoms with E-state index in [1.807, 2.05) is 30.3 Å². The lowest BCUT2D eigenvalue weighted by molar-refractivity contribution is -0.120. The average Bonchev–Trinajstić information content (AvgIpc) is 2.74. The Balaban J connectivity index is 1.93. The van der Waals surface area contributed by atoms with Gasteiger partial charge in [-0.15, -0.1) is 0 Å². The topological polar surface area (TPSA) is 47.6 Å². The van der Waals surface area contributed by atoms with Crippen molar-refractivity contribution in [3.05, 3.63) is 59.7 Å². The van der Waals surface area contributed by atoms with Gasteiger partial charge in [-0.05, 0) is 47.4 Å². The molecule has 0 bridgehead atoms. The van der Waals surface area contributed by atoms with Crippen LogP contribution < -0.4 is 10.1 Å². The van der Waals surface area contributed by atoms with Gasteiger partial charge in [-0.2, -0.15) is 0 Å². The number of amides is 1. The SMILES string of the molecule is CCC(C)(C)c1ccc(OCCOCC(=O)Nc2ccccc2)c(C(C)(C)CC)c1. The zero-order valence-electron chi connectivity index (χ0n) is 19.4.